The minimum Gasteiger partial charge on any atom is -0.267 e. The molecule has 0 spiro atoms. The molecule has 4 aromatic heterocycles. The Kier molecular flexibility index (Phi) is 4.65. The predicted molar refractivity (Wildman–Crippen MR) is 106 cm³/mol. The highest BCUT2D eigenvalue weighted by atomic mass is 16.1. The summed E-state index contributed by atoms with van der Waals surface area (Å²) in [5.74, 6) is 0. The Morgan fingerprint density at radius 1 is 0.719 bits per heavy atom. The number of tetrazole rings is 2. The van der Waals surface area contributed by atoms with Crippen LogP contribution in [0.1, 0.15) is 25.9 Å². The molecule has 0 radical (unpaired) electrons. The first-order chi connectivity index (χ1) is 15.5. The molecular weight excluding hydrogens is 420 g/mol. The Morgan fingerprint density at radius 2 is 1.16 bits per heavy atom. The van der Waals surface area contributed by atoms with Crippen LogP contribution in [0.2, 0.25) is 0 Å². The fraction of sp³-hybridized carbons (Fsp3) is 0.375. The number of rotatable bonds is 6. The summed E-state index contributed by atoms with van der Waals surface area (Å²) >= 11 is 0. The van der Waals surface area contributed by atoms with E-state index in [1.54, 1.807) is 13.8 Å². The SMILES string of the molecule is CC(Cn1ncnn1)n1nnc2cc3c(=O)n(C(C)Cn4ncnn4)nnc3cc2c1=O. The molecule has 0 aliphatic heterocycles. The number of aromatic nitrogens is 14. The zero-order valence-electron chi connectivity index (χ0n) is 17.0. The lowest BCUT2D eigenvalue weighted by molar-refractivity contribution is 0.353. The molecule has 16 nitrogen and oxygen atoms in total. The van der Waals surface area contributed by atoms with E-state index in [1.807, 2.05) is 0 Å². The van der Waals surface area contributed by atoms with Crippen LogP contribution in [0.3, 0.4) is 0 Å². The highest BCUT2D eigenvalue weighted by Gasteiger charge is 2.18. The van der Waals surface area contributed by atoms with Crippen molar-refractivity contribution in [3.8, 4) is 0 Å². The van der Waals surface area contributed by atoms with E-state index in [1.165, 1.54) is 43.7 Å². The van der Waals surface area contributed by atoms with Gasteiger partial charge in [-0.25, -0.2) is 9.36 Å². The van der Waals surface area contributed by atoms with Crippen molar-refractivity contribution in [1.29, 1.82) is 0 Å². The molecule has 0 bridgehead atoms. The summed E-state index contributed by atoms with van der Waals surface area (Å²) in [5.41, 5.74) is -0.179. The maximum Gasteiger partial charge on any atom is 0.277 e. The van der Waals surface area contributed by atoms with Crippen LogP contribution in [0, 0.1) is 0 Å². The van der Waals surface area contributed by atoms with Crippen LogP contribution < -0.4 is 11.1 Å². The molecule has 0 fully saturated rings. The highest BCUT2D eigenvalue weighted by molar-refractivity contribution is 5.93. The molecule has 16 heteroatoms. The summed E-state index contributed by atoms with van der Waals surface area (Å²) in [6.45, 7) is 4.15. The molecule has 0 N–H and O–H groups in total. The van der Waals surface area contributed by atoms with Crippen molar-refractivity contribution in [2.24, 2.45) is 0 Å². The maximum absolute atomic E-state index is 13.0. The Balaban J connectivity index is 1.54. The molecule has 0 aliphatic rings. The Hall–Kier alpha value is -4.50. The molecule has 2 unspecified atom stereocenters. The molecule has 5 rings (SSSR count). The summed E-state index contributed by atoms with van der Waals surface area (Å²) in [6, 6.07) is 2.24. The van der Waals surface area contributed by atoms with Gasteiger partial charge in [-0.3, -0.25) is 9.59 Å². The van der Waals surface area contributed by atoms with Crippen LogP contribution in [0.4, 0.5) is 0 Å². The lowest BCUT2D eigenvalue weighted by Crippen LogP contribution is -2.31. The van der Waals surface area contributed by atoms with E-state index in [0.29, 0.717) is 0 Å². The third-order valence-electron chi connectivity index (χ3n) is 4.96. The first-order valence-corrected chi connectivity index (χ1v) is 9.61. The van der Waals surface area contributed by atoms with Gasteiger partial charge in [0.05, 0.1) is 35.9 Å². The molecule has 162 valence electrons. The van der Waals surface area contributed by atoms with Gasteiger partial charge in [0.25, 0.3) is 11.1 Å². The minimum atomic E-state index is -0.380. The average Bonchev–Trinajstić information content (AvgIpc) is 3.48. The van der Waals surface area contributed by atoms with Crippen molar-refractivity contribution in [2.75, 3.05) is 0 Å². The van der Waals surface area contributed by atoms with Crippen molar-refractivity contribution >= 4 is 21.8 Å². The topological polar surface area (TPSA) is 183 Å². The number of hydrogen-bond donors (Lipinski definition) is 0. The van der Waals surface area contributed by atoms with Gasteiger partial charge in [0.1, 0.15) is 11.0 Å². The number of nitrogens with zero attached hydrogens (tertiary/aromatic N) is 14. The molecule has 0 amide bonds. The fourth-order valence-corrected chi connectivity index (χ4v) is 3.35. The summed E-state index contributed by atoms with van der Waals surface area (Å²) < 4.78 is 2.47. The Bertz CT molecular complexity index is 1390. The second-order valence-corrected chi connectivity index (χ2v) is 7.24. The first kappa shape index (κ1) is 19.5. The van der Waals surface area contributed by atoms with Gasteiger partial charge in [0, 0.05) is 0 Å². The first-order valence-electron chi connectivity index (χ1n) is 9.61. The summed E-state index contributed by atoms with van der Waals surface area (Å²) in [6.07, 6.45) is 2.62. The molecule has 1 aromatic carbocycles. The fourth-order valence-electron chi connectivity index (χ4n) is 3.35. The van der Waals surface area contributed by atoms with E-state index < -0.39 is 0 Å². The van der Waals surface area contributed by atoms with Crippen molar-refractivity contribution in [2.45, 2.75) is 39.0 Å². The summed E-state index contributed by atoms with van der Waals surface area (Å²) in [7, 11) is 0. The van der Waals surface area contributed by atoms with Crippen molar-refractivity contribution < 1.29 is 0 Å². The lowest BCUT2D eigenvalue weighted by atomic mass is 10.1. The second kappa shape index (κ2) is 7.64. The largest absolute Gasteiger partial charge is 0.277 e. The lowest BCUT2D eigenvalue weighted by Gasteiger charge is -2.13. The van der Waals surface area contributed by atoms with Crippen molar-refractivity contribution in [3.05, 3.63) is 45.5 Å². The monoisotopic (exact) mass is 436 g/mol. The van der Waals surface area contributed by atoms with Crippen LogP contribution in [-0.4, -0.2) is 70.4 Å². The molecule has 0 aliphatic carbocycles. The van der Waals surface area contributed by atoms with Crippen LogP contribution >= 0.6 is 0 Å². The highest BCUT2D eigenvalue weighted by Crippen LogP contribution is 2.15. The van der Waals surface area contributed by atoms with Gasteiger partial charge >= 0.3 is 0 Å². The molecule has 0 saturated carbocycles. The normalized spacial score (nSPS) is 13.6. The van der Waals surface area contributed by atoms with Crippen molar-refractivity contribution in [3.63, 3.8) is 0 Å². The van der Waals surface area contributed by atoms with E-state index in [-0.39, 0.29) is 58.1 Å². The Morgan fingerprint density at radius 3 is 1.53 bits per heavy atom. The smallest absolute Gasteiger partial charge is 0.267 e. The van der Waals surface area contributed by atoms with Crippen molar-refractivity contribution in [1.82, 2.24) is 70.4 Å². The Labute approximate surface area is 177 Å². The van der Waals surface area contributed by atoms with Gasteiger partial charge in [-0.2, -0.15) is 9.59 Å². The predicted octanol–water partition coefficient (Wildman–Crippen LogP) is -1.61. The number of benzene rings is 1. The van der Waals surface area contributed by atoms with Crippen LogP contribution in [0.15, 0.2) is 34.4 Å². The summed E-state index contributed by atoms with van der Waals surface area (Å²) in [4.78, 5) is 28.8. The molecule has 5 aromatic rings. The minimum absolute atomic E-state index is 0.275. The standard InChI is InChI=1S/C16H16N14O2/c1-9(5-27-19-7-17-23-27)29-15(31)11-3-14-12(4-13(11)21-25-29)16(32)30(26-22-14)10(2)6-28-20-8-18-24-28/h3-4,7-10H,5-6H2,1-2H3. The molecule has 0 saturated heterocycles. The molecular formula is C16H16N14O2. The van der Waals surface area contributed by atoms with E-state index >= 15 is 0 Å². The van der Waals surface area contributed by atoms with E-state index in [0.717, 1.165) is 0 Å². The number of hydrogen-bond acceptors (Lipinski definition) is 12. The quantitative estimate of drug-likeness (QED) is 0.278. The van der Waals surface area contributed by atoms with E-state index in [9.17, 15) is 9.59 Å². The van der Waals surface area contributed by atoms with Gasteiger partial charge in [-0.1, -0.05) is 10.4 Å². The van der Waals surface area contributed by atoms with E-state index in [4.69, 9.17) is 0 Å². The van der Waals surface area contributed by atoms with Gasteiger partial charge < -0.3 is 0 Å². The van der Waals surface area contributed by atoms with Gasteiger partial charge in [-0.15, -0.1) is 30.6 Å². The van der Waals surface area contributed by atoms with Crippen LogP contribution in [0.25, 0.3) is 21.8 Å². The maximum atomic E-state index is 13.0. The van der Waals surface area contributed by atoms with E-state index in [2.05, 4.69) is 51.4 Å². The summed E-state index contributed by atoms with van der Waals surface area (Å²) in [5, 5.41) is 39.6. The average molecular weight is 436 g/mol. The molecule has 4 heterocycles. The second-order valence-electron chi connectivity index (χ2n) is 7.24. The van der Waals surface area contributed by atoms with Gasteiger partial charge in [-0.05, 0) is 36.4 Å². The molecule has 2 atom stereocenters. The number of fused-ring (bicyclic) bond motifs is 2. The van der Waals surface area contributed by atoms with Gasteiger partial charge in [0.2, 0.25) is 0 Å². The van der Waals surface area contributed by atoms with Crippen LogP contribution in [0.5, 0.6) is 0 Å². The molecule has 32 heavy (non-hydrogen) atoms. The third-order valence-corrected chi connectivity index (χ3v) is 4.96. The zero-order valence-corrected chi connectivity index (χ0v) is 17.0. The zero-order chi connectivity index (χ0) is 22.2. The van der Waals surface area contributed by atoms with Gasteiger partial charge in [0.15, 0.2) is 12.7 Å². The third kappa shape index (κ3) is 3.36. The van der Waals surface area contributed by atoms with Crippen LogP contribution in [-0.2, 0) is 13.1 Å².